The molecule has 0 saturated carbocycles. The van der Waals surface area contributed by atoms with Crippen LogP contribution in [0, 0.1) is 0 Å². The molecule has 0 spiro atoms. The van der Waals surface area contributed by atoms with Gasteiger partial charge in [-0.15, -0.1) is 11.8 Å². The van der Waals surface area contributed by atoms with Crippen molar-refractivity contribution in [1.29, 1.82) is 0 Å². The van der Waals surface area contributed by atoms with Crippen LogP contribution in [0.3, 0.4) is 0 Å². The van der Waals surface area contributed by atoms with Crippen LogP contribution in [-0.2, 0) is 4.79 Å². The quantitative estimate of drug-likeness (QED) is 0.586. The van der Waals surface area contributed by atoms with Gasteiger partial charge in [0.25, 0.3) is 0 Å². The van der Waals surface area contributed by atoms with Crippen molar-refractivity contribution in [3.05, 3.63) is 36.0 Å². The summed E-state index contributed by atoms with van der Waals surface area (Å²) >= 11 is 1.71. The Morgan fingerprint density at radius 2 is 2.00 bits per heavy atom. The molecular formula is C10H11NOS. The number of rotatable bonds is 4. The number of hydrogen-bond donors (Lipinski definition) is 1. The molecule has 0 fully saturated rings. The molecule has 1 amide bonds. The summed E-state index contributed by atoms with van der Waals surface area (Å²) in [6.07, 6.45) is 6.14. The molecule has 1 rings (SSSR count). The second-order valence-electron chi connectivity index (χ2n) is 2.39. The number of hydrogen-bond acceptors (Lipinski definition) is 2. The minimum absolute atomic E-state index is 0.646. The highest BCUT2D eigenvalue weighted by Crippen LogP contribution is 2.15. The first kappa shape index (κ1) is 9.86. The predicted octanol–water partition coefficient (Wildman–Crippen LogP) is 2.13. The molecule has 0 unspecified atom stereocenters. The Kier molecular flexibility index (Phi) is 4.12. The van der Waals surface area contributed by atoms with Crippen LogP contribution in [0.5, 0.6) is 0 Å². The van der Waals surface area contributed by atoms with Crippen molar-refractivity contribution in [2.75, 3.05) is 6.26 Å². The summed E-state index contributed by atoms with van der Waals surface area (Å²) in [6.45, 7) is 0. The van der Waals surface area contributed by atoms with E-state index < -0.39 is 0 Å². The van der Waals surface area contributed by atoms with Crippen molar-refractivity contribution >= 4 is 24.2 Å². The lowest BCUT2D eigenvalue weighted by Crippen LogP contribution is -1.97. The molecule has 0 aliphatic carbocycles. The summed E-state index contributed by atoms with van der Waals surface area (Å²) in [5.41, 5.74) is 1.08. The zero-order chi connectivity index (χ0) is 9.52. The fraction of sp³-hybridized carbons (Fsp3) is 0.100. The maximum atomic E-state index is 9.93. The molecular weight excluding hydrogens is 182 g/mol. The number of carbonyl (C=O) groups excluding carboxylic acids is 1. The molecule has 0 aliphatic rings. The Balaban J connectivity index is 2.63. The van der Waals surface area contributed by atoms with Crippen molar-refractivity contribution < 1.29 is 4.79 Å². The Morgan fingerprint density at radius 3 is 2.54 bits per heavy atom. The van der Waals surface area contributed by atoms with E-state index in [9.17, 15) is 4.79 Å². The Bertz CT molecular complexity index is 292. The first-order valence-electron chi connectivity index (χ1n) is 3.87. The van der Waals surface area contributed by atoms with Gasteiger partial charge in [-0.05, 0) is 30.0 Å². The maximum absolute atomic E-state index is 9.93. The standard InChI is InChI=1S/C10H11NOS/c1-13-10-4-2-9(3-5-10)6-7-11-8-12/h2-8H,1H3,(H,11,12)/b7-6+. The van der Waals surface area contributed by atoms with E-state index in [0.717, 1.165) is 5.56 Å². The smallest absolute Gasteiger partial charge is 0.211 e. The molecule has 13 heavy (non-hydrogen) atoms. The lowest BCUT2D eigenvalue weighted by atomic mass is 10.2. The van der Waals surface area contributed by atoms with E-state index in [-0.39, 0.29) is 0 Å². The molecule has 1 N–H and O–H groups in total. The van der Waals surface area contributed by atoms with Gasteiger partial charge in [0.1, 0.15) is 0 Å². The van der Waals surface area contributed by atoms with Gasteiger partial charge in [0.2, 0.25) is 6.41 Å². The summed E-state index contributed by atoms with van der Waals surface area (Å²) in [6, 6.07) is 8.11. The lowest BCUT2D eigenvalue weighted by Gasteiger charge is -1.96. The van der Waals surface area contributed by atoms with Crippen molar-refractivity contribution in [1.82, 2.24) is 5.32 Å². The van der Waals surface area contributed by atoms with Gasteiger partial charge >= 0.3 is 0 Å². The second kappa shape index (κ2) is 5.43. The van der Waals surface area contributed by atoms with Gasteiger partial charge in [0.15, 0.2) is 0 Å². The van der Waals surface area contributed by atoms with Crippen molar-refractivity contribution in [2.45, 2.75) is 4.90 Å². The van der Waals surface area contributed by atoms with E-state index in [0.29, 0.717) is 6.41 Å². The van der Waals surface area contributed by atoms with Gasteiger partial charge < -0.3 is 5.32 Å². The SMILES string of the molecule is CSc1ccc(/C=C/NC=O)cc1. The zero-order valence-electron chi connectivity index (χ0n) is 7.36. The second-order valence-corrected chi connectivity index (χ2v) is 3.27. The first-order chi connectivity index (χ1) is 6.36. The summed E-state index contributed by atoms with van der Waals surface area (Å²) in [5.74, 6) is 0. The average Bonchev–Trinajstić information content (AvgIpc) is 2.19. The van der Waals surface area contributed by atoms with Crippen LogP contribution in [0.4, 0.5) is 0 Å². The average molecular weight is 193 g/mol. The summed E-state index contributed by atoms with van der Waals surface area (Å²) in [5, 5.41) is 2.46. The summed E-state index contributed by atoms with van der Waals surface area (Å²) in [4.78, 5) is 11.2. The molecule has 68 valence electrons. The minimum Gasteiger partial charge on any atom is -0.335 e. The number of nitrogens with one attached hydrogen (secondary N) is 1. The largest absolute Gasteiger partial charge is 0.335 e. The van der Waals surface area contributed by atoms with E-state index in [1.54, 1.807) is 18.0 Å². The van der Waals surface area contributed by atoms with Crippen LogP contribution in [-0.4, -0.2) is 12.7 Å². The number of benzene rings is 1. The molecule has 1 aromatic carbocycles. The molecule has 0 aromatic heterocycles. The van der Waals surface area contributed by atoms with E-state index in [1.165, 1.54) is 4.90 Å². The van der Waals surface area contributed by atoms with Gasteiger partial charge in [-0.2, -0.15) is 0 Å². The van der Waals surface area contributed by atoms with Gasteiger partial charge in [0.05, 0.1) is 0 Å². The molecule has 2 nitrogen and oxygen atoms in total. The van der Waals surface area contributed by atoms with Gasteiger partial charge in [-0.1, -0.05) is 12.1 Å². The Hall–Kier alpha value is -1.22. The highest BCUT2D eigenvalue weighted by Gasteiger charge is 1.88. The van der Waals surface area contributed by atoms with Crippen LogP contribution >= 0.6 is 11.8 Å². The van der Waals surface area contributed by atoms with Crippen LogP contribution in [0.25, 0.3) is 6.08 Å². The normalized spacial score (nSPS) is 10.2. The van der Waals surface area contributed by atoms with Crippen LogP contribution in [0.1, 0.15) is 5.56 Å². The molecule has 0 aliphatic heterocycles. The van der Waals surface area contributed by atoms with Gasteiger partial charge in [0, 0.05) is 11.1 Å². The van der Waals surface area contributed by atoms with E-state index in [1.807, 2.05) is 36.6 Å². The predicted molar refractivity (Wildman–Crippen MR) is 56.5 cm³/mol. The van der Waals surface area contributed by atoms with Gasteiger partial charge in [-0.3, -0.25) is 4.79 Å². The van der Waals surface area contributed by atoms with Crippen molar-refractivity contribution in [3.63, 3.8) is 0 Å². The van der Waals surface area contributed by atoms with Crippen molar-refractivity contribution in [2.24, 2.45) is 0 Å². The highest BCUT2D eigenvalue weighted by atomic mass is 32.2. The third kappa shape index (κ3) is 3.34. The number of amides is 1. The fourth-order valence-corrected chi connectivity index (χ4v) is 1.31. The fourth-order valence-electron chi connectivity index (χ4n) is 0.899. The zero-order valence-corrected chi connectivity index (χ0v) is 8.17. The topological polar surface area (TPSA) is 29.1 Å². The van der Waals surface area contributed by atoms with E-state index in [2.05, 4.69) is 5.32 Å². The van der Waals surface area contributed by atoms with Crippen LogP contribution < -0.4 is 5.32 Å². The monoisotopic (exact) mass is 193 g/mol. The molecule has 3 heteroatoms. The van der Waals surface area contributed by atoms with Crippen LogP contribution in [0.2, 0.25) is 0 Å². The van der Waals surface area contributed by atoms with Crippen LogP contribution in [0.15, 0.2) is 35.4 Å². The summed E-state index contributed by atoms with van der Waals surface area (Å²) < 4.78 is 0. The summed E-state index contributed by atoms with van der Waals surface area (Å²) in [7, 11) is 0. The highest BCUT2D eigenvalue weighted by molar-refractivity contribution is 7.98. The lowest BCUT2D eigenvalue weighted by molar-refractivity contribution is -0.108. The number of carbonyl (C=O) groups is 1. The Labute approximate surface area is 82.0 Å². The first-order valence-corrected chi connectivity index (χ1v) is 5.09. The molecule has 0 bridgehead atoms. The molecule has 0 heterocycles. The molecule has 0 atom stereocenters. The maximum Gasteiger partial charge on any atom is 0.211 e. The molecule has 0 saturated heterocycles. The molecule has 1 aromatic rings. The third-order valence-electron chi connectivity index (χ3n) is 1.56. The number of thioether (sulfide) groups is 1. The van der Waals surface area contributed by atoms with Gasteiger partial charge in [-0.25, -0.2) is 0 Å². The molecule has 0 radical (unpaired) electrons. The minimum atomic E-state index is 0.646. The Morgan fingerprint density at radius 1 is 1.31 bits per heavy atom. The van der Waals surface area contributed by atoms with Crippen molar-refractivity contribution in [3.8, 4) is 0 Å². The third-order valence-corrected chi connectivity index (χ3v) is 2.30. The van der Waals surface area contributed by atoms with E-state index >= 15 is 0 Å². The van der Waals surface area contributed by atoms with E-state index in [4.69, 9.17) is 0 Å².